The lowest BCUT2D eigenvalue weighted by Crippen LogP contribution is -2.55. The maximum atomic E-state index is 12.2. The number of para-hydroxylation sites is 1. The molecule has 0 aliphatic carbocycles. The highest BCUT2D eigenvalue weighted by molar-refractivity contribution is 5.90. The molecule has 1 aromatic carbocycles. The van der Waals surface area contributed by atoms with Crippen molar-refractivity contribution in [3.05, 3.63) is 30.3 Å². The lowest BCUT2D eigenvalue weighted by Gasteiger charge is -2.35. The molecule has 1 atom stereocenters. The van der Waals surface area contributed by atoms with Crippen LogP contribution in [-0.2, 0) is 4.79 Å². The van der Waals surface area contributed by atoms with Crippen LogP contribution in [0.2, 0.25) is 0 Å². The first kappa shape index (κ1) is 13.4. The van der Waals surface area contributed by atoms with Gasteiger partial charge in [-0.2, -0.15) is 0 Å². The van der Waals surface area contributed by atoms with Gasteiger partial charge in [0, 0.05) is 31.7 Å². The molecule has 1 aromatic rings. The Morgan fingerprint density at radius 1 is 1.37 bits per heavy atom. The summed E-state index contributed by atoms with van der Waals surface area (Å²) in [6, 6.07) is 8.86. The predicted molar refractivity (Wildman–Crippen MR) is 72.6 cm³/mol. The van der Waals surface area contributed by atoms with E-state index in [-0.39, 0.29) is 18.5 Å². The van der Waals surface area contributed by atoms with E-state index in [9.17, 15) is 9.59 Å². The molecule has 1 aliphatic heterocycles. The fraction of sp³-hybridized carbons (Fsp3) is 0.385. The fourth-order valence-corrected chi connectivity index (χ4v) is 2.16. The Balaban J connectivity index is 2.01. The summed E-state index contributed by atoms with van der Waals surface area (Å²) in [4.78, 5) is 24.9. The standard InChI is InChI=1S/C13H18N4O2/c14-12(18)8-11-9-15-6-7-17(11)13(19)16-10-4-2-1-3-5-10/h1-5,11,15H,6-9H2,(H2,14,18)(H,16,19). The highest BCUT2D eigenvalue weighted by Crippen LogP contribution is 2.11. The number of nitrogens with zero attached hydrogens (tertiary/aromatic N) is 1. The van der Waals surface area contributed by atoms with Crippen LogP contribution in [0.15, 0.2) is 30.3 Å². The Bertz CT molecular complexity index is 449. The van der Waals surface area contributed by atoms with E-state index in [1.165, 1.54) is 0 Å². The summed E-state index contributed by atoms with van der Waals surface area (Å²) in [5.41, 5.74) is 5.95. The number of primary amides is 1. The molecule has 4 N–H and O–H groups in total. The van der Waals surface area contributed by atoms with Gasteiger partial charge in [-0.25, -0.2) is 4.79 Å². The average molecular weight is 262 g/mol. The van der Waals surface area contributed by atoms with E-state index in [0.29, 0.717) is 13.1 Å². The van der Waals surface area contributed by atoms with Crippen LogP contribution < -0.4 is 16.4 Å². The lowest BCUT2D eigenvalue weighted by atomic mass is 10.1. The van der Waals surface area contributed by atoms with Crippen LogP contribution >= 0.6 is 0 Å². The van der Waals surface area contributed by atoms with Gasteiger partial charge in [-0.05, 0) is 12.1 Å². The maximum absolute atomic E-state index is 12.2. The summed E-state index contributed by atoms with van der Waals surface area (Å²) in [7, 11) is 0. The molecule has 0 saturated carbocycles. The van der Waals surface area contributed by atoms with Crippen molar-refractivity contribution in [2.75, 3.05) is 25.0 Å². The number of benzene rings is 1. The molecule has 0 radical (unpaired) electrons. The van der Waals surface area contributed by atoms with Crippen LogP contribution in [0.25, 0.3) is 0 Å². The summed E-state index contributed by atoms with van der Waals surface area (Å²) in [5, 5.41) is 5.98. The van der Waals surface area contributed by atoms with E-state index in [4.69, 9.17) is 5.73 Å². The van der Waals surface area contributed by atoms with Crippen molar-refractivity contribution in [1.82, 2.24) is 10.2 Å². The Hall–Kier alpha value is -2.08. The quantitative estimate of drug-likeness (QED) is 0.735. The SMILES string of the molecule is NC(=O)CC1CNCCN1C(=O)Nc1ccccc1. The van der Waals surface area contributed by atoms with Crippen LogP contribution in [-0.4, -0.2) is 42.5 Å². The molecule has 2 rings (SSSR count). The first-order valence-corrected chi connectivity index (χ1v) is 6.28. The third kappa shape index (κ3) is 3.69. The first-order valence-electron chi connectivity index (χ1n) is 6.28. The van der Waals surface area contributed by atoms with Gasteiger partial charge >= 0.3 is 6.03 Å². The minimum atomic E-state index is -0.397. The molecule has 1 aliphatic rings. The van der Waals surface area contributed by atoms with Crippen LogP contribution in [0.3, 0.4) is 0 Å². The van der Waals surface area contributed by atoms with Crippen LogP contribution in [0.5, 0.6) is 0 Å². The number of amides is 3. The second kappa shape index (κ2) is 6.19. The molecule has 1 fully saturated rings. The summed E-state index contributed by atoms with van der Waals surface area (Å²) in [5.74, 6) is -0.397. The molecule has 0 bridgehead atoms. The number of nitrogens with two attached hydrogens (primary N) is 1. The van der Waals surface area contributed by atoms with Gasteiger partial charge in [0.25, 0.3) is 0 Å². The van der Waals surface area contributed by atoms with Crippen LogP contribution in [0.4, 0.5) is 10.5 Å². The zero-order chi connectivity index (χ0) is 13.7. The fourth-order valence-electron chi connectivity index (χ4n) is 2.16. The number of anilines is 1. The zero-order valence-corrected chi connectivity index (χ0v) is 10.6. The second-order valence-electron chi connectivity index (χ2n) is 4.52. The van der Waals surface area contributed by atoms with Gasteiger partial charge in [-0.15, -0.1) is 0 Å². The van der Waals surface area contributed by atoms with Crippen molar-refractivity contribution in [2.45, 2.75) is 12.5 Å². The summed E-state index contributed by atoms with van der Waals surface area (Å²) in [6.45, 7) is 1.87. The Labute approximate surface area is 112 Å². The molecule has 0 aromatic heterocycles. The normalized spacial score (nSPS) is 18.9. The van der Waals surface area contributed by atoms with Crippen molar-refractivity contribution in [2.24, 2.45) is 5.73 Å². The highest BCUT2D eigenvalue weighted by Gasteiger charge is 2.27. The highest BCUT2D eigenvalue weighted by atomic mass is 16.2. The number of carbonyl (C=O) groups is 2. The molecule has 0 spiro atoms. The lowest BCUT2D eigenvalue weighted by molar-refractivity contribution is -0.119. The number of carbonyl (C=O) groups excluding carboxylic acids is 2. The van der Waals surface area contributed by atoms with Crippen LogP contribution in [0, 0.1) is 0 Å². The smallest absolute Gasteiger partial charge is 0.322 e. The Morgan fingerprint density at radius 2 is 2.11 bits per heavy atom. The number of piperazine rings is 1. The number of rotatable bonds is 3. The topological polar surface area (TPSA) is 87.5 Å². The Morgan fingerprint density at radius 3 is 2.79 bits per heavy atom. The molecule has 6 nitrogen and oxygen atoms in total. The van der Waals surface area contributed by atoms with E-state index in [1.54, 1.807) is 4.90 Å². The third-order valence-corrected chi connectivity index (χ3v) is 3.07. The van der Waals surface area contributed by atoms with Gasteiger partial charge in [-0.1, -0.05) is 18.2 Å². The van der Waals surface area contributed by atoms with Gasteiger partial charge in [0.2, 0.25) is 5.91 Å². The third-order valence-electron chi connectivity index (χ3n) is 3.07. The Kier molecular flexibility index (Phi) is 4.35. The van der Waals surface area contributed by atoms with Crippen molar-refractivity contribution in [3.63, 3.8) is 0 Å². The molecular formula is C13H18N4O2. The number of hydrogen-bond acceptors (Lipinski definition) is 3. The van der Waals surface area contributed by atoms with Crippen molar-refractivity contribution >= 4 is 17.6 Å². The minimum Gasteiger partial charge on any atom is -0.370 e. The minimum absolute atomic E-state index is 0.176. The first-order chi connectivity index (χ1) is 9.16. The number of urea groups is 1. The van der Waals surface area contributed by atoms with Crippen molar-refractivity contribution < 1.29 is 9.59 Å². The monoisotopic (exact) mass is 262 g/mol. The van der Waals surface area contributed by atoms with E-state index in [2.05, 4.69) is 10.6 Å². The number of hydrogen-bond donors (Lipinski definition) is 3. The van der Waals surface area contributed by atoms with Gasteiger partial charge in [0.15, 0.2) is 0 Å². The molecular weight excluding hydrogens is 244 g/mol. The molecule has 19 heavy (non-hydrogen) atoms. The average Bonchev–Trinajstić information content (AvgIpc) is 2.39. The van der Waals surface area contributed by atoms with Crippen LogP contribution in [0.1, 0.15) is 6.42 Å². The van der Waals surface area contributed by atoms with Gasteiger partial charge < -0.3 is 21.3 Å². The van der Waals surface area contributed by atoms with E-state index in [0.717, 1.165) is 12.2 Å². The summed E-state index contributed by atoms with van der Waals surface area (Å²) >= 11 is 0. The summed E-state index contributed by atoms with van der Waals surface area (Å²) in [6.07, 6.45) is 0.176. The molecule has 102 valence electrons. The van der Waals surface area contributed by atoms with Gasteiger partial charge in [0.05, 0.1) is 6.04 Å². The summed E-state index contributed by atoms with van der Waals surface area (Å²) < 4.78 is 0. The van der Waals surface area contributed by atoms with Gasteiger partial charge in [0.1, 0.15) is 0 Å². The predicted octanol–water partition coefficient (Wildman–Crippen LogP) is 0.368. The van der Waals surface area contributed by atoms with Gasteiger partial charge in [-0.3, -0.25) is 4.79 Å². The molecule has 3 amide bonds. The molecule has 1 heterocycles. The number of nitrogens with one attached hydrogen (secondary N) is 2. The van der Waals surface area contributed by atoms with E-state index < -0.39 is 5.91 Å². The van der Waals surface area contributed by atoms with E-state index >= 15 is 0 Å². The molecule has 1 saturated heterocycles. The second-order valence-corrected chi connectivity index (χ2v) is 4.52. The zero-order valence-electron chi connectivity index (χ0n) is 10.6. The molecule has 1 unspecified atom stereocenters. The van der Waals surface area contributed by atoms with E-state index in [1.807, 2.05) is 30.3 Å². The van der Waals surface area contributed by atoms with Crippen molar-refractivity contribution in [1.29, 1.82) is 0 Å². The molecule has 6 heteroatoms. The van der Waals surface area contributed by atoms with Crippen molar-refractivity contribution in [3.8, 4) is 0 Å². The largest absolute Gasteiger partial charge is 0.370 e. The maximum Gasteiger partial charge on any atom is 0.322 e.